The number of aliphatic imine (C=N–C) groups is 1. The molecular weight excluding hydrogens is 415 g/mol. The van der Waals surface area contributed by atoms with Crippen LogP contribution in [0.2, 0.25) is 0 Å². The van der Waals surface area contributed by atoms with E-state index in [1.807, 2.05) is 6.92 Å². The van der Waals surface area contributed by atoms with Crippen molar-refractivity contribution in [3.63, 3.8) is 0 Å². The van der Waals surface area contributed by atoms with Crippen molar-refractivity contribution in [3.8, 4) is 5.75 Å². The molecule has 0 aliphatic carbocycles. The molecule has 10 heteroatoms. The number of rotatable bonds is 7. The van der Waals surface area contributed by atoms with Gasteiger partial charge < -0.3 is 29.5 Å². The number of nitrogens with zero attached hydrogens (tertiary/aromatic N) is 2. The number of guanidine groups is 1. The predicted octanol–water partition coefficient (Wildman–Crippen LogP) is 2.29. The molecule has 3 atom stereocenters. The lowest BCUT2D eigenvalue weighted by Gasteiger charge is -2.37. The molecule has 2 saturated heterocycles. The van der Waals surface area contributed by atoms with Gasteiger partial charge in [0, 0.05) is 26.2 Å². The van der Waals surface area contributed by atoms with Crippen molar-refractivity contribution < 1.29 is 32.5 Å². The minimum absolute atomic E-state index is 0.0192. The van der Waals surface area contributed by atoms with Crippen LogP contribution in [0.1, 0.15) is 25.3 Å². The van der Waals surface area contributed by atoms with Crippen LogP contribution >= 0.6 is 0 Å². The first-order chi connectivity index (χ1) is 14.9. The van der Waals surface area contributed by atoms with Crippen LogP contribution in [0.15, 0.2) is 29.3 Å². The van der Waals surface area contributed by atoms with Crippen LogP contribution in [0.25, 0.3) is 0 Å². The molecule has 0 amide bonds. The van der Waals surface area contributed by atoms with Crippen molar-refractivity contribution in [3.05, 3.63) is 29.8 Å². The van der Waals surface area contributed by atoms with Crippen LogP contribution < -0.4 is 10.1 Å². The highest BCUT2D eigenvalue weighted by molar-refractivity contribution is 5.80. The van der Waals surface area contributed by atoms with Gasteiger partial charge in [0.15, 0.2) is 5.96 Å². The van der Waals surface area contributed by atoms with Gasteiger partial charge in [-0.2, -0.15) is 13.2 Å². The second kappa shape index (κ2) is 11.0. The fourth-order valence-corrected chi connectivity index (χ4v) is 3.61. The lowest BCUT2D eigenvalue weighted by Crippen LogP contribution is -2.53. The Hall–Kier alpha value is -2.04. The summed E-state index contributed by atoms with van der Waals surface area (Å²) in [7, 11) is 0. The maximum Gasteiger partial charge on any atom is 0.416 e. The fraction of sp³-hybridized carbons (Fsp3) is 0.667. The van der Waals surface area contributed by atoms with Crippen LogP contribution in [-0.2, 0) is 15.7 Å². The molecule has 0 bridgehead atoms. The molecule has 3 unspecified atom stereocenters. The Kier molecular flexibility index (Phi) is 8.39. The highest BCUT2D eigenvalue weighted by atomic mass is 19.4. The molecule has 3 rings (SSSR count). The summed E-state index contributed by atoms with van der Waals surface area (Å²) in [5.41, 5.74) is -0.792. The smallest absolute Gasteiger partial charge is 0.416 e. The maximum atomic E-state index is 12.8. The van der Waals surface area contributed by atoms with E-state index in [-0.39, 0.29) is 31.1 Å². The SMILES string of the molecule is CCNC(=NCC(O)COc1cccc(C(F)(F)F)c1)N1CCOC(C2CCCO2)C1. The number of halogens is 3. The number of hydrogen-bond donors (Lipinski definition) is 2. The standard InChI is InChI=1S/C21H30F3N3O4/c1-2-25-20(27-8-10-30-19(13-27)18-7-4-9-29-18)26-12-16(28)14-31-17-6-3-5-15(11-17)21(22,23)24/h3,5-6,11,16,18-19,28H,2,4,7-10,12-14H2,1H3,(H,25,26). The van der Waals surface area contributed by atoms with Crippen molar-refractivity contribution >= 4 is 5.96 Å². The predicted molar refractivity (Wildman–Crippen MR) is 109 cm³/mol. The van der Waals surface area contributed by atoms with Crippen molar-refractivity contribution in [2.75, 3.05) is 46.0 Å². The van der Waals surface area contributed by atoms with Crippen LogP contribution in [0, 0.1) is 0 Å². The quantitative estimate of drug-likeness (QED) is 0.496. The summed E-state index contributed by atoms with van der Waals surface area (Å²) >= 11 is 0. The van der Waals surface area contributed by atoms with Crippen LogP contribution in [0.5, 0.6) is 5.75 Å². The Morgan fingerprint density at radius 1 is 1.32 bits per heavy atom. The molecule has 2 N–H and O–H groups in total. The van der Waals surface area contributed by atoms with Crippen molar-refractivity contribution in [1.29, 1.82) is 0 Å². The van der Waals surface area contributed by atoms with Crippen LogP contribution in [-0.4, -0.2) is 80.3 Å². The van der Waals surface area contributed by atoms with Gasteiger partial charge in [-0.15, -0.1) is 0 Å². The second-order valence-electron chi connectivity index (χ2n) is 7.59. The molecule has 2 aliphatic heterocycles. The monoisotopic (exact) mass is 445 g/mol. The van der Waals surface area contributed by atoms with E-state index in [2.05, 4.69) is 15.2 Å². The third-order valence-corrected chi connectivity index (χ3v) is 5.16. The number of hydrogen-bond acceptors (Lipinski definition) is 5. The molecule has 0 spiro atoms. The molecule has 1 aromatic carbocycles. The van der Waals surface area contributed by atoms with Gasteiger partial charge in [0.2, 0.25) is 0 Å². The zero-order valence-electron chi connectivity index (χ0n) is 17.6. The molecule has 0 aromatic heterocycles. The van der Waals surface area contributed by atoms with E-state index in [0.29, 0.717) is 32.2 Å². The van der Waals surface area contributed by atoms with E-state index in [1.165, 1.54) is 12.1 Å². The number of aliphatic hydroxyl groups excluding tert-OH is 1. The minimum Gasteiger partial charge on any atom is -0.491 e. The van der Waals surface area contributed by atoms with Crippen molar-refractivity contribution in [2.24, 2.45) is 4.99 Å². The van der Waals surface area contributed by atoms with Gasteiger partial charge in [-0.25, -0.2) is 0 Å². The topological polar surface area (TPSA) is 75.6 Å². The number of benzene rings is 1. The summed E-state index contributed by atoms with van der Waals surface area (Å²) < 4.78 is 55.4. The molecule has 2 aliphatic rings. The molecule has 174 valence electrons. The Bertz CT molecular complexity index is 726. The summed E-state index contributed by atoms with van der Waals surface area (Å²) in [5, 5.41) is 13.5. The number of alkyl halides is 3. The van der Waals surface area contributed by atoms with Crippen LogP contribution in [0.3, 0.4) is 0 Å². The highest BCUT2D eigenvalue weighted by Gasteiger charge is 2.32. The van der Waals surface area contributed by atoms with E-state index in [0.717, 1.165) is 31.6 Å². The van der Waals surface area contributed by atoms with Crippen molar-refractivity contribution in [1.82, 2.24) is 10.2 Å². The van der Waals surface area contributed by atoms with Gasteiger partial charge in [0.1, 0.15) is 24.6 Å². The first-order valence-corrected chi connectivity index (χ1v) is 10.6. The van der Waals surface area contributed by atoms with E-state index < -0.39 is 17.8 Å². The second-order valence-corrected chi connectivity index (χ2v) is 7.59. The molecule has 0 saturated carbocycles. The Balaban J connectivity index is 1.53. The van der Waals surface area contributed by atoms with Gasteiger partial charge in [0.05, 0.1) is 24.8 Å². The normalized spacial score (nSPS) is 23.6. The minimum atomic E-state index is -4.44. The van der Waals surface area contributed by atoms with Gasteiger partial charge in [-0.3, -0.25) is 4.99 Å². The average molecular weight is 445 g/mol. The Labute approximate surface area is 180 Å². The molecule has 0 radical (unpaired) electrons. The number of nitrogens with one attached hydrogen (secondary N) is 1. The zero-order valence-corrected chi connectivity index (χ0v) is 17.6. The first kappa shape index (κ1) is 23.6. The number of ether oxygens (including phenoxy) is 3. The molecule has 7 nitrogen and oxygen atoms in total. The summed E-state index contributed by atoms with van der Waals surface area (Å²) in [6, 6.07) is 4.59. The van der Waals surface area contributed by atoms with Crippen LogP contribution in [0.4, 0.5) is 13.2 Å². The van der Waals surface area contributed by atoms with Gasteiger partial charge in [-0.1, -0.05) is 6.07 Å². The third kappa shape index (κ3) is 6.98. The summed E-state index contributed by atoms with van der Waals surface area (Å²) in [4.78, 5) is 6.58. The van der Waals surface area contributed by atoms with Gasteiger partial charge in [0.25, 0.3) is 0 Å². The number of aliphatic hydroxyl groups is 1. The molecule has 2 fully saturated rings. The molecule has 2 heterocycles. The largest absolute Gasteiger partial charge is 0.491 e. The van der Waals surface area contributed by atoms with E-state index in [1.54, 1.807) is 0 Å². The fourth-order valence-electron chi connectivity index (χ4n) is 3.61. The molecule has 1 aromatic rings. The molecular formula is C21H30F3N3O4. The maximum absolute atomic E-state index is 12.8. The zero-order chi connectivity index (χ0) is 22.3. The van der Waals surface area contributed by atoms with E-state index in [4.69, 9.17) is 14.2 Å². The van der Waals surface area contributed by atoms with E-state index >= 15 is 0 Å². The van der Waals surface area contributed by atoms with Gasteiger partial charge in [-0.05, 0) is 38.0 Å². The van der Waals surface area contributed by atoms with Gasteiger partial charge >= 0.3 is 6.18 Å². The average Bonchev–Trinajstić information content (AvgIpc) is 3.30. The number of morpholine rings is 1. The summed E-state index contributed by atoms with van der Waals surface area (Å²) in [5.74, 6) is 0.712. The Morgan fingerprint density at radius 2 is 2.13 bits per heavy atom. The first-order valence-electron chi connectivity index (χ1n) is 10.6. The highest BCUT2D eigenvalue weighted by Crippen LogP contribution is 2.31. The summed E-state index contributed by atoms with van der Waals surface area (Å²) in [6.07, 6.45) is -3.30. The van der Waals surface area contributed by atoms with E-state index in [9.17, 15) is 18.3 Å². The third-order valence-electron chi connectivity index (χ3n) is 5.16. The lowest BCUT2D eigenvalue weighted by atomic mass is 10.1. The Morgan fingerprint density at radius 3 is 2.84 bits per heavy atom. The summed E-state index contributed by atoms with van der Waals surface area (Å²) in [6.45, 7) is 5.17. The molecule has 31 heavy (non-hydrogen) atoms. The lowest BCUT2D eigenvalue weighted by molar-refractivity contribution is -0.137. The van der Waals surface area contributed by atoms with Crippen molar-refractivity contribution in [2.45, 2.75) is 44.3 Å².